The van der Waals surface area contributed by atoms with Gasteiger partial charge in [0.25, 0.3) is 0 Å². The van der Waals surface area contributed by atoms with Crippen molar-refractivity contribution in [3.05, 3.63) is 47.5 Å². The summed E-state index contributed by atoms with van der Waals surface area (Å²) in [4.78, 5) is 14.5. The number of nitrogen functional groups attached to an aromatic ring is 1. The minimum Gasteiger partial charge on any atom is -0.398 e. The van der Waals surface area contributed by atoms with Crippen LogP contribution in [-0.4, -0.2) is 12.5 Å². The molecule has 0 saturated carbocycles. The number of hydrogen-bond acceptors (Lipinski definition) is 2. The first-order chi connectivity index (χ1) is 9.75. The number of hydrogen-bond donors (Lipinski definition) is 1. The lowest BCUT2D eigenvalue weighted by Gasteiger charge is -2.30. The molecule has 0 saturated heterocycles. The second-order valence-corrected chi connectivity index (χ2v) is 5.52. The maximum absolute atomic E-state index is 12.6. The molecule has 0 aliphatic carbocycles. The molecule has 4 rings (SSSR count). The number of amides is 1. The van der Waals surface area contributed by atoms with Gasteiger partial charge >= 0.3 is 0 Å². The fourth-order valence-corrected chi connectivity index (χ4v) is 3.41. The number of fused-ring (bicyclic) bond motifs is 2. The van der Waals surface area contributed by atoms with Crippen LogP contribution in [0, 0.1) is 0 Å². The van der Waals surface area contributed by atoms with E-state index in [1.54, 1.807) is 0 Å². The van der Waals surface area contributed by atoms with E-state index in [2.05, 4.69) is 12.1 Å². The van der Waals surface area contributed by atoms with Gasteiger partial charge in [0.15, 0.2) is 0 Å². The third-order valence-electron chi connectivity index (χ3n) is 4.32. The van der Waals surface area contributed by atoms with Crippen molar-refractivity contribution in [2.24, 2.45) is 0 Å². The van der Waals surface area contributed by atoms with Crippen LogP contribution >= 0.6 is 12.4 Å². The number of rotatable bonds is 0. The van der Waals surface area contributed by atoms with Crippen LogP contribution in [0.2, 0.25) is 0 Å². The van der Waals surface area contributed by atoms with Gasteiger partial charge in [-0.15, -0.1) is 12.4 Å². The normalized spacial score (nSPS) is 15.6. The Morgan fingerprint density at radius 2 is 1.86 bits per heavy atom. The second-order valence-electron chi connectivity index (χ2n) is 5.52. The molecule has 21 heavy (non-hydrogen) atoms. The summed E-state index contributed by atoms with van der Waals surface area (Å²) in [5, 5.41) is 0. The summed E-state index contributed by atoms with van der Waals surface area (Å²) in [6, 6.07) is 12.2. The molecular formula is C17H17ClN2O. The van der Waals surface area contributed by atoms with E-state index in [0.717, 1.165) is 47.5 Å². The molecule has 1 amide bonds. The van der Waals surface area contributed by atoms with Crippen LogP contribution in [0.3, 0.4) is 0 Å². The summed E-state index contributed by atoms with van der Waals surface area (Å²) in [5.41, 5.74) is 12.5. The van der Waals surface area contributed by atoms with Crippen molar-refractivity contribution < 1.29 is 4.79 Å². The van der Waals surface area contributed by atoms with Crippen molar-refractivity contribution >= 4 is 29.7 Å². The molecule has 108 valence electrons. The fraction of sp³-hybridized carbons (Fsp3) is 0.235. The van der Waals surface area contributed by atoms with Crippen LogP contribution in [0.5, 0.6) is 0 Å². The lowest BCUT2D eigenvalue weighted by Crippen LogP contribution is -2.36. The van der Waals surface area contributed by atoms with Gasteiger partial charge in [0.05, 0.1) is 12.1 Å². The van der Waals surface area contributed by atoms with E-state index in [9.17, 15) is 4.79 Å². The molecule has 0 aromatic heterocycles. The first kappa shape index (κ1) is 14.0. The van der Waals surface area contributed by atoms with Crippen molar-refractivity contribution in [1.82, 2.24) is 0 Å². The molecule has 0 spiro atoms. The van der Waals surface area contributed by atoms with E-state index in [1.807, 2.05) is 29.2 Å². The van der Waals surface area contributed by atoms with Gasteiger partial charge in [-0.05, 0) is 35.6 Å². The van der Waals surface area contributed by atoms with Gasteiger partial charge in [0, 0.05) is 17.8 Å². The number of halogens is 1. The zero-order valence-corrected chi connectivity index (χ0v) is 12.5. The Bertz CT molecular complexity index is 727. The minimum absolute atomic E-state index is 0. The summed E-state index contributed by atoms with van der Waals surface area (Å²) < 4.78 is 0. The Morgan fingerprint density at radius 3 is 2.71 bits per heavy atom. The third kappa shape index (κ3) is 2.00. The Hall–Kier alpha value is -2.00. The zero-order valence-electron chi connectivity index (χ0n) is 11.6. The summed E-state index contributed by atoms with van der Waals surface area (Å²) in [6.45, 7) is 0.802. The summed E-state index contributed by atoms with van der Waals surface area (Å²) in [6.07, 6.45) is 2.51. The van der Waals surface area contributed by atoms with E-state index in [0.29, 0.717) is 6.42 Å². The molecule has 3 nitrogen and oxygen atoms in total. The Kier molecular flexibility index (Phi) is 3.38. The molecule has 0 radical (unpaired) electrons. The molecule has 0 bridgehead atoms. The van der Waals surface area contributed by atoms with E-state index in [4.69, 9.17) is 5.73 Å². The van der Waals surface area contributed by atoms with Crippen molar-refractivity contribution in [2.75, 3.05) is 17.2 Å². The Labute approximate surface area is 130 Å². The molecule has 0 atom stereocenters. The van der Waals surface area contributed by atoms with Crippen molar-refractivity contribution in [3.8, 4) is 11.1 Å². The predicted molar refractivity (Wildman–Crippen MR) is 87.9 cm³/mol. The topological polar surface area (TPSA) is 46.3 Å². The lowest BCUT2D eigenvalue weighted by atomic mass is 9.92. The standard InChI is InChI=1S/C17H16N2O.ClH/c18-14-8-7-11-5-3-9-19-15(20)10-12-4-1-2-6-13(12)16(14)17(11)19;/h1-2,4,6-8H,3,5,9-10,18H2;1H. The molecule has 2 aromatic rings. The van der Waals surface area contributed by atoms with Gasteiger partial charge in [-0.2, -0.15) is 0 Å². The van der Waals surface area contributed by atoms with E-state index < -0.39 is 0 Å². The monoisotopic (exact) mass is 300 g/mol. The molecule has 0 unspecified atom stereocenters. The van der Waals surface area contributed by atoms with Crippen molar-refractivity contribution in [2.45, 2.75) is 19.3 Å². The number of benzene rings is 2. The highest BCUT2D eigenvalue weighted by Gasteiger charge is 2.31. The fourth-order valence-electron chi connectivity index (χ4n) is 3.41. The number of aryl methyl sites for hydroxylation is 1. The first-order valence-electron chi connectivity index (χ1n) is 7.05. The molecule has 4 heteroatoms. The molecule has 2 aliphatic rings. The van der Waals surface area contributed by atoms with Crippen LogP contribution in [-0.2, 0) is 17.6 Å². The first-order valence-corrected chi connectivity index (χ1v) is 7.05. The third-order valence-corrected chi connectivity index (χ3v) is 4.32. The van der Waals surface area contributed by atoms with Gasteiger partial charge in [-0.1, -0.05) is 30.3 Å². The number of carbonyl (C=O) groups excluding carboxylic acids is 1. The Morgan fingerprint density at radius 1 is 1.05 bits per heavy atom. The van der Waals surface area contributed by atoms with E-state index in [-0.39, 0.29) is 18.3 Å². The van der Waals surface area contributed by atoms with E-state index >= 15 is 0 Å². The van der Waals surface area contributed by atoms with Gasteiger partial charge in [-0.25, -0.2) is 0 Å². The number of nitrogens with two attached hydrogens (primary N) is 1. The predicted octanol–water partition coefficient (Wildman–Crippen LogP) is 3.19. The van der Waals surface area contributed by atoms with Gasteiger partial charge in [0.1, 0.15) is 0 Å². The molecular weight excluding hydrogens is 284 g/mol. The highest BCUT2D eigenvalue weighted by atomic mass is 35.5. The number of carbonyl (C=O) groups is 1. The molecule has 2 heterocycles. The van der Waals surface area contributed by atoms with Crippen LogP contribution in [0.15, 0.2) is 36.4 Å². The van der Waals surface area contributed by atoms with Crippen LogP contribution in [0.25, 0.3) is 11.1 Å². The quantitative estimate of drug-likeness (QED) is 0.760. The molecule has 2 aromatic carbocycles. The van der Waals surface area contributed by atoms with Crippen LogP contribution in [0.4, 0.5) is 11.4 Å². The maximum atomic E-state index is 12.6. The second kappa shape index (κ2) is 5.08. The average Bonchev–Trinajstić information content (AvgIpc) is 2.59. The summed E-state index contributed by atoms with van der Waals surface area (Å²) in [7, 11) is 0. The maximum Gasteiger partial charge on any atom is 0.231 e. The number of anilines is 2. The van der Waals surface area contributed by atoms with Crippen molar-refractivity contribution in [3.63, 3.8) is 0 Å². The van der Waals surface area contributed by atoms with Gasteiger partial charge in [-0.3, -0.25) is 4.79 Å². The highest BCUT2D eigenvalue weighted by molar-refractivity contribution is 6.06. The molecule has 2 aliphatic heterocycles. The zero-order chi connectivity index (χ0) is 13.7. The van der Waals surface area contributed by atoms with Crippen LogP contribution < -0.4 is 10.6 Å². The van der Waals surface area contributed by atoms with Gasteiger partial charge < -0.3 is 10.6 Å². The van der Waals surface area contributed by atoms with Crippen molar-refractivity contribution in [1.29, 1.82) is 0 Å². The molecule has 0 fully saturated rings. The highest BCUT2D eigenvalue weighted by Crippen LogP contribution is 2.44. The summed E-state index contributed by atoms with van der Waals surface area (Å²) in [5.74, 6) is 0.183. The molecule has 2 N–H and O–H groups in total. The summed E-state index contributed by atoms with van der Waals surface area (Å²) >= 11 is 0. The smallest absolute Gasteiger partial charge is 0.231 e. The van der Waals surface area contributed by atoms with Crippen LogP contribution in [0.1, 0.15) is 17.5 Å². The van der Waals surface area contributed by atoms with E-state index in [1.165, 1.54) is 5.56 Å². The number of nitrogens with zero attached hydrogens (tertiary/aromatic N) is 1. The Balaban J connectivity index is 0.00000132. The SMILES string of the molecule is Cl.Nc1ccc2c3c1-c1ccccc1CC(=O)N3CCC2. The largest absolute Gasteiger partial charge is 0.398 e. The lowest BCUT2D eigenvalue weighted by molar-refractivity contribution is -0.118. The average molecular weight is 301 g/mol. The van der Waals surface area contributed by atoms with Gasteiger partial charge in [0.2, 0.25) is 5.91 Å². The minimum atomic E-state index is 0.